The van der Waals surface area contributed by atoms with Gasteiger partial charge in [0.15, 0.2) is 0 Å². The summed E-state index contributed by atoms with van der Waals surface area (Å²) >= 11 is 0. The zero-order chi connectivity index (χ0) is 7.40. The molecular formula is C9H13P. The molecule has 0 aromatic heterocycles. The molecule has 1 aromatic carbocycles. The van der Waals surface area contributed by atoms with Gasteiger partial charge < -0.3 is 0 Å². The quantitative estimate of drug-likeness (QED) is 0.571. The largest absolute Gasteiger partial charge is 0.121 e. The minimum atomic E-state index is 1.03. The molecule has 0 heterocycles. The highest BCUT2D eigenvalue weighted by molar-refractivity contribution is 7.36. The molecule has 0 nitrogen and oxygen atoms in total. The number of benzene rings is 1. The van der Waals surface area contributed by atoms with Crippen molar-refractivity contribution in [2.75, 3.05) is 6.66 Å². The van der Waals surface area contributed by atoms with Crippen LogP contribution in [0.5, 0.6) is 0 Å². The number of hydrogen-bond donors (Lipinski definition) is 0. The number of aryl methyl sites for hydroxylation is 1. The summed E-state index contributed by atoms with van der Waals surface area (Å²) in [4.78, 5) is 0. The molecule has 1 atom stereocenters. The van der Waals surface area contributed by atoms with Gasteiger partial charge in [-0.15, -0.1) is 8.58 Å². The smallest absolute Gasteiger partial charge is 0.0100 e. The predicted octanol–water partition coefficient (Wildman–Crippen LogP) is 2.80. The van der Waals surface area contributed by atoms with Crippen molar-refractivity contribution in [2.24, 2.45) is 0 Å². The summed E-state index contributed by atoms with van der Waals surface area (Å²) in [6, 6.07) is 8.60. The Hall–Kier alpha value is -0.350. The van der Waals surface area contributed by atoms with Crippen LogP contribution in [0.1, 0.15) is 11.1 Å². The van der Waals surface area contributed by atoms with Crippen molar-refractivity contribution < 1.29 is 0 Å². The lowest BCUT2D eigenvalue weighted by atomic mass is 10.1. The Kier molecular flexibility index (Phi) is 2.89. The maximum atomic E-state index is 2.24. The summed E-state index contributed by atoms with van der Waals surface area (Å²) in [6.45, 7) is 4.42. The summed E-state index contributed by atoms with van der Waals surface area (Å²) in [6.07, 6.45) is 1.24. The number of rotatable bonds is 2. The highest BCUT2D eigenvalue weighted by atomic mass is 31.1. The first-order valence-electron chi connectivity index (χ1n) is 3.53. The summed E-state index contributed by atoms with van der Waals surface area (Å²) < 4.78 is 0. The predicted molar refractivity (Wildman–Crippen MR) is 49.1 cm³/mol. The fourth-order valence-electron chi connectivity index (χ4n) is 0.999. The summed E-state index contributed by atoms with van der Waals surface area (Å²) in [5, 5.41) is 0. The molecule has 0 amide bonds. The fourth-order valence-corrected chi connectivity index (χ4v) is 1.78. The molecule has 54 valence electrons. The van der Waals surface area contributed by atoms with Crippen LogP contribution in [0.3, 0.4) is 0 Å². The molecule has 0 saturated heterocycles. The van der Waals surface area contributed by atoms with E-state index in [0.29, 0.717) is 0 Å². The van der Waals surface area contributed by atoms with Crippen molar-refractivity contribution in [1.29, 1.82) is 0 Å². The lowest BCUT2D eigenvalue weighted by Gasteiger charge is -2.01. The van der Waals surface area contributed by atoms with Gasteiger partial charge in [-0.25, -0.2) is 0 Å². The van der Waals surface area contributed by atoms with Crippen LogP contribution in [0, 0.1) is 6.92 Å². The summed E-state index contributed by atoms with van der Waals surface area (Å²) in [5.74, 6) is 0. The van der Waals surface area contributed by atoms with E-state index >= 15 is 0 Å². The molecule has 0 N–H and O–H groups in total. The minimum absolute atomic E-state index is 1.03. The van der Waals surface area contributed by atoms with Crippen LogP contribution >= 0.6 is 8.58 Å². The second-order valence-electron chi connectivity index (χ2n) is 2.46. The van der Waals surface area contributed by atoms with Crippen LogP contribution in [-0.2, 0) is 6.16 Å². The second-order valence-corrected chi connectivity index (χ2v) is 3.52. The van der Waals surface area contributed by atoms with E-state index in [1.807, 2.05) is 0 Å². The standard InChI is InChI=1S/C9H13P/c1-8-5-3-4-6-9(8)7-10-2/h3-6,10H,7H2,1-2H3. The maximum Gasteiger partial charge on any atom is -0.0100 e. The highest BCUT2D eigenvalue weighted by Crippen LogP contribution is 2.16. The van der Waals surface area contributed by atoms with Crippen molar-refractivity contribution in [3.63, 3.8) is 0 Å². The third-order valence-corrected chi connectivity index (χ3v) is 2.36. The van der Waals surface area contributed by atoms with E-state index in [1.54, 1.807) is 0 Å². The van der Waals surface area contributed by atoms with Gasteiger partial charge in [-0.1, -0.05) is 24.3 Å². The first-order chi connectivity index (χ1) is 4.84. The highest BCUT2D eigenvalue weighted by Gasteiger charge is 1.92. The molecule has 1 unspecified atom stereocenters. The Morgan fingerprint density at radius 3 is 2.60 bits per heavy atom. The SMILES string of the molecule is CPCc1ccccc1C. The molecule has 0 aliphatic rings. The lowest BCUT2D eigenvalue weighted by Crippen LogP contribution is -1.82. The summed E-state index contributed by atoms with van der Waals surface area (Å²) in [7, 11) is 1.03. The van der Waals surface area contributed by atoms with Crippen LogP contribution in [0.25, 0.3) is 0 Å². The van der Waals surface area contributed by atoms with E-state index in [1.165, 1.54) is 17.3 Å². The van der Waals surface area contributed by atoms with E-state index in [-0.39, 0.29) is 0 Å². The van der Waals surface area contributed by atoms with E-state index in [9.17, 15) is 0 Å². The fraction of sp³-hybridized carbons (Fsp3) is 0.333. The van der Waals surface area contributed by atoms with Crippen LogP contribution in [0.4, 0.5) is 0 Å². The van der Waals surface area contributed by atoms with E-state index in [4.69, 9.17) is 0 Å². The van der Waals surface area contributed by atoms with E-state index in [2.05, 4.69) is 37.9 Å². The van der Waals surface area contributed by atoms with Gasteiger partial charge in [-0.2, -0.15) is 0 Å². The third kappa shape index (κ3) is 1.82. The van der Waals surface area contributed by atoms with Crippen LogP contribution in [-0.4, -0.2) is 6.66 Å². The molecule has 0 aliphatic carbocycles. The zero-order valence-corrected chi connectivity index (χ0v) is 7.52. The molecule has 0 saturated carbocycles. The molecule has 0 spiro atoms. The van der Waals surface area contributed by atoms with Gasteiger partial charge in [-0.3, -0.25) is 0 Å². The Labute approximate surface area is 64.4 Å². The van der Waals surface area contributed by atoms with Crippen LogP contribution in [0.2, 0.25) is 0 Å². The lowest BCUT2D eigenvalue weighted by molar-refractivity contribution is 1.31. The number of hydrogen-bond acceptors (Lipinski definition) is 0. The Balaban J connectivity index is 2.81. The van der Waals surface area contributed by atoms with Crippen LogP contribution < -0.4 is 0 Å². The van der Waals surface area contributed by atoms with Gasteiger partial charge in [0.1, 0.15) is 0 Å². The monoisotopic (exact) mass is 152 g/mol. The van der Waals surface area contributed by atoms with Gasteiger partial charge in [0.25, 0.3) is 0 Å². The average Bonchev–Trinajstić information content (AvgIpc) is 1.94. The Bertz CT molecular complexity index is 206. The zero-order valence-electron chi connectivity index (χ0n) is 6.52. The molecule has 1 rings (SSSR count). The van der Waals surface area contributed by atoms with Gasteiger partial charge >= 0.3 is 0 Å². The van der Waals surface area contributed by atoms with Crippen LogP contribution in [0.15, 0.2) is 24.3 Å². The third-order valence-electron chi connectivity index (χ3n) is 1.63. The Morgan fingerprint density at radius 2 is 2.00 bits per heavy atom. The van der Waals surface area contributed by atoms with Crippen molar-refractivity contribution in [2.45, 2.75) is 13.1 Å². The van der Waals surface area contributed by atoms with Gasteiger partial charge in [0, 0.05) is 0 Å². The molecule has 1 heteroatoms. The van der Waals surface area contributed by atoms with Gasteiger partial charge in [0.05, 0.1) is 0 Å². The first kappa shape index (κ1) is 7.75. The minimum Gasteiger partial charge on any atom is -0.121 e. The normalized spacial score (nSPS) is 11.0. The van der Waals surface area contributed by atoms with Crippen molar-refractivity contribution in [3.05, 3.63) is 35.4 Å². The van der Waals surface area contributed by atoms with Crippen molar-refractivity contribution in [3.8, 4) is 0 Å². The molecule has 0 aliphatic heterocycles. The topological polar surface area (TPSA) is 0 Å². The van der Waals surface area contributed by atoms with Gasteiger partial charge in [0.2, 0.25) is 0 Å². The molecule has 0 bridgehead atoms. The van der Waals surface area contributed by atoms with Crippen molar-refractivity contribution in [1.82, 2.24) is 0 Å². The molecule has 1 aromatic rings. The van der Waals surface area contributed by atoms with Crippen molar-refractivity contribution >= 4 is 8.58 Å². The molecule has 0 radical (unpaired) electrons. The average molecular weight is 152 g/mol. The molecule has 10 heavy (non-hydrogen) atoms. The molecular weight excluding hydrogens is 139 g/mol. The van der Waals surface area contributed by atoms with E-state index < -0.39 is 0 Å². The van der Waals surface area contributed by atoms with Gasteiger partial charge in [-0.05, 0) is 30.9 Å². The van der Waals surface area contributed by atoms with E-state index in [0.717, 1.165) is 8.58 Å². The maximum absolute atomic E-state index is 2.24. The molecule has 0 fully saturated rings. The second kappa shape index (κ2) is 3.73. The summed E-state index contributed by atoms with van der Waals surface area (Å²) in [5.41, 5.74) is 2.93. The Morgan fingerprint density at radius 1 is 1.30 bits per heavy atom. The first-order valence-corrected chi connectivity index (χ1v) is 5.24.